The van der Waals surface area contributed by atoms with E-state index in [2.05, 4.69) is 11.9 Å². The number of unbranched alkanes of at least 4 members (excludes halogenated alkanes) is 1. The second-order valence-electron chi connectivity index (χ2n) is 7.53. The summed E-state index contributed by atoms with van der Waals surface area (Å²) < 4.78 is 34.4. The number of halogens is 2. The van der Waals surface area contributed by atoms with Crippen LogP contribution in [0.15, 0.2) is 24.3 Å². The van der Waals surface area contributed by atoms with Gasteiger partial charge in [-0.2, -0.15) is 8.78 Å². The van der Waals surface area contributed by atoms with E-state index in [4.69, 9.17) is 4.74 Å². The summed E-state index contributed by atoms with van der Waals surface area (Å²) in [6, 6.07) is 6.33. The van der Waals surface area contributed by atoms with Gasteiger partial charge >= 0.3 is 0 Å². The maximum Gasteiger partial charge on any atom is 0.293 e. The smallest absolute Gasteiger partial charge is 0.293 e. The molecule has 0 bridgehead atoms. The predicted molar refractivity (Wildman–Crippen MR) is 98.8 cm³/mol. The van der Waals surface area contributed by atoms with Crippen LogP contribution in [0.5, 0.6) is 11.5 Å². The molecule has 0 saturated heterocycles. The quantitative estimate of drug-likeness (QED) is 0.610. The Morgan fingerprint density at radius 1 is 1.23 bits per heavy atom. The van der Waals surface area contributed by atoms with Gasteiger partial charge in [0.05, 0.1) is 12.6 Å². The van der Waals surface area contributed by atoms with E-state index in [1.165, 1.54) is 32.4 Å². The zero-order chi connectivity index (χ0) is 18.7. The van der Waals surface area contributed by atoms with Crippen LogP contribution in [0.1, 0.15) is 57.6 Å². The lowest BCUT2D eigenvalue weighted by Gasteiger charge is -2.19. The third-order valence-electron chi connectivity index (χ3n) is 5.70. The Hall–Kier alpha value is -1.91. The van der Waals surface area contributed by atoms with E-state index in [0.29, 0.717) is 29.0 Å². The monoisotopic (exact) mass is 363 g/mol. The van der Waals surface area contributed by atoms with Crippen molar-refractivity contribution in [1.29, 1.82) is 0 Å². The van der Waals surface area contributed by atoms with Crippen LogP contribution >= 0.6 is 0 Å². The maximum absolute atomic E-state index is 14.6. The fraction of sp³-hybridized carbons (Fsp3) is 0.571. The van der Waals surface area contributed by atoms with Gasteiger partial charge in [0, 0.05) is 11.8 Å². The standard InChI is InChI=1S/C21H27F2NO2/c1-14-6-5-8-15(14)7-3-4-11-21(22,23)20-19(25)13-16-12-17(26-2)9-10-18(16)24-20/h9-10,12-15,25H,3-8,11H2,1-2H3. The predicted octanol–water partition coefficient (Wildman–Crippen LogP) is 6.04. The number of hydrogen-bond donors (Lipinski definition) is 1. The first-order chi connectivity index (χ1) is 12.4. The second-order valence-corrected chi connectivity index (χ2v) is 7.53. The van der Waals surface area contributed by atoms with Crippen molar-refractivity contribution in [2.75, 3.05) is 7.11 Å². The Morgan fingerprint density at radius 2 is 2.04 bits per heavy atom. The number of fused-ring (bicyclic) bond motifs is 1. The lowest BCUT2D eigenvalue weighted by molar-refractivity contribution is -0.0222. The Labute approximate surface area is 153 Å². The van der Waals surface area contributed by atoms with E-state index in [9.17, 15) is 13.9 Å². The second kappa shape index (κ2) is 7.77. The minimum atomic E-state index is -3.13. The molecule has 0 spiro atoms. The molecule has 0 radical (unpaired) electrons. The van der Waals surface area contributed by atoms with Crippen molar-refractivity contribution < 1.29 is 18.6 Å². The van der Waals surface area contributed by atoms with E-state index < -0.39 is 17.4 Å². The Morgan fingerprint density at radius 3 is 2.73 bits per heavy atom. The van der Waals surface area contributed by atoms with Crippen molar-refractivity contribution in [3.63, 3.8) is 0 Å². The van der Waals surface area contributed by atoms with E-state index in [-0.39, 0.29) is 6.42 Å². The van der Waals surface area contributed by atoms with Crippen molar-refractivity contribution in [1.82, 2.24) is 4.98 Å². The highest BCUT2D eigenvalue weighted by atomic mass is 19.3. The third kappa shape index (κ3) is 4.08. The first-order valence-electron chi connectivity index (χ1n) is 9.47. The molecule has 1 fully saturated rings. The molecule has 142 valence electrons. The van der Waals surface area contributed by atoms with Gasteiger partial charge in [-0.3, -0.25) is 0 Å². The maximum atomic E-state index is 14.6. The molecule has 1 heterocycles. The first kappa shape index (κ1) is 18.9. The van der Waals surface area contributed by atoms with Gasteiger partial charge in [-0.15, -0.1) is 0 Å². The zero-order valence-electron chi connectivity index (χ0n) is 15.5. The Balaban J connectivity index is 1.66. The highest BCUT2D eigenvalue weighted by Gasteiger charge is 2.36. The molecule has 0 amide bonds. The summed E-state index contributed by atoms with van der Waals surface area (Å²) in [5.74, 6) is -1.58. The van der Waals surface area contributed by atoms with E-state index in [1.54, 1.807) is 18.2 Å². The first-order valence-corrected chi connectivity index (χ1v) is 9.47. The number of hydrogen-bond acceptors (Lipinski definition) is 3. The summed E-state index contributed by atoms with van der Waals surface area (Å²) in [4.78, 5) is 4.03. The van der Waals surface area contributed by atoms with Crippen molar-refractivity contribution in [3.05, 3.63) is 30.0 Å². The molecule has 1 saturated carbocycles. The summed E-state index contributed by atoms with van der Waals surface area (Å²) in [5.41, 5.74) is -0.0949. The minimum absolute atomic E-state index is 0.281. The minimum Gasteiger partial charge on any atom is -0.506 e. The van der Waals surface area contributed by atoms with Crippen LogP contribution in [0, 0.1) is 11.8 Å². The van der Waals surface area contributed by atoms with Crippen LogP contribution in [0.25, 0.3) is 10.9 Å². The van der Waals surface area contributed by atoms with Crippen molar-refractivity contribution in [2.24, 2.45) is 11.8 Å². The highest BCUT2D eigenvalue weighted by Crippen LogP contribution is 2.40. The molecule has 1 aromatic carbocycles. The Kier molecular flexibility index (Phi) is 5.64. The van der Waals surface area contributed by atoms with E-state index in [0.717, 1.165) is 18.8 Å². The average Bonchev–Trinajstić information content (AvgIpc) is 3.02. The topological polar surface area (TPSA) is 42.4 Å². The normalized spacial score (nSPS) is 20.6. The molecule has 1 aliphatic carbocycles. The molecule has 3 rings (SSSR count). The summed E-state index contributed by atoms with van der Waals surface area (Å²) in [7, 11) is 1.53. The molecule has 2 atom stereocenters. The van der Waals surface area contributed by atoms with Gasteiger partial charge in [-0.25, -0.2) is 4.98 Å². The number of alkyl halides is 2. The van der Waals surface area contributed by atoms with Crippen molar-refractivity contribution in [3.8, 4) is 11.5 Å². The fourth-order valence-electron chi connectivity index (χ4n) is 4.06. The summed E-state index contributed by atoms with van der Waals surface area (Å²) >= 11 is 0. The largest absolute Gasteiger partial charge is 0.506 e. The van der Waals surface area contributed by atoms with Gasteiger partial charge in [-0.05, 0) is 42.5 Å². The number of pyridine rings is 1. The third-order valence-corrected chi connectivity index (χ3v) is 5.70. The number of ether oxygens (including phenoxy) is 1. The van der Waals surface area contributed by atoms with Crippen LogP contribution in [0.3, 0.4) is 0 Å². The summed E-state index contributed by atoms with van der Waals surface area (Å²) in [5, 5.41) is 10.7. The number of nitrogens with zero attached hydrogens (tertiary/aromatic N) is 1. The Bertz CT molecular complexity index is 763. The zero-order valence-corrected chi connectivity index (χ0v) is 15.5. The molecule has 1 N–H and O–H groups in total. The van der Waals surface area contributed by atoms with Gasteiger partial charge in [0.2, 0.25) is 0 Å². The number of benzene rings is 1. The van der Waals surface area contributed by atoms with Crippen LogP contribution < -0.4 is 4.74 Å². The van der Waals surface area contributed by atoms with Crippen molar-refractivity contribution >= 4 is 10.9 Å². The van der Waals surface area contributed by atoms with Gasteiger partial charge in [0.1, 0.15) is 11.5 Å². The summed E-state index contributed by atoms with van der Waals surface area (Å²) in [6.07, 6.45) is 5.74. The van der Waals surface area contributed by atoms with E-state index >= 15 is 0 Å². The molecule has 2 unspecified atom stereocenters. The van der Waals surface area contributed by atoms with Crippen molar-refractivity contribution in [2.45, 2.75) is 57.8 Å². The lowest BCUT2D eigenvalue weighted by atomic mass is 9.91. The van der Waals surface area contributed by atoms with Gasteiger partial charge < -0.3 is 9.84 Å². The number of rotatable bonds is 7. The molecule has 26 heavy (non-hydrogen) atoms. The van der Waals surface area contributed by atoms with Gasteiger partial charge in [-0.1, -0.05) is 39.0 Å². The number of methoxy groups -OCH3 is 1. The van der Waals surface area contributed by atoms with Crippen LogP contribution in [-0.2, 0) is 5.92 Å². The fourth-order valence-corrected chi connectivity index (χ4v) is 4.06. The molecule has 1 aromatic heterocycles. The molecule has 3 nitrogen and oxygen atoms in total. The molecular weight excluding hydrogens is 336 g/mol. The highest BCUT2D eigenvalue weighted by molar-refractivity contribution is 5.82. The van der Waals surface area contributed by atoms with Crippen LogP contribution in [0.2, 0.25) is 0 Å². The molecule has 2 aromatic rings. The molecular formula is C21H27F2NO2. The van der Waals surface area contributed by atoms with Gasteiger partial charge in [0.25, 0.3) is 5.92 Å². The lowest BCUT2D eigenvalue weighted by Crippen LogP contribution is -2.16. The van der Waals surface area contributed by atoms with Crippen LogP contribution in [-0.4, -0.2) is 17.2 Å². The average molecular weight is 363 g/mol. The molecule has 5 heteroatoms. The number of aromatic nitrogens is 1. The van der Waals surface area contributed by atoms with Crippen LogP contribution in [0.4, 0.5) is 8.78 Å². The van der Waals surface area contributed by atoms with E-state index in [1.807, 2.05) is 0 Å². The molecule has 1 aliphatic rings. The molecule has 0 aliphatic heterocycles. The van der Waals surface area contributed by atoms with Gasteiger partial charge in [0.15, 0.2) is 5.69 Å². The number of aromatic hydroxyl groups is 1. The summed E-state index contributed by atoms with van der Waals surface area (Å²) in [6.45, 7) is 2.26. The SMILES string of the molecule is COc1ccc2nc(C(F)(F)CCCCC3CCCC3C)c(O)cc2c1.